The minimum Gasteiger partial charge on any atom is -0.490 e. The fourth-order valence-electron chi connectivity index (χ4n) is 1.60. The molecule has 0 unspecified atom stereocenters. The number of hydrogen-bond acceptors (Lipinski definition) is 4. The van der Waals surface area contributed by atoms with E-state index in [1.54, 1.807) is 10.9 Å². The lowest BCUT2D eigenvalue weighted by Crippen LogP contribution is -2.10. The van der Waals surface area contributed by atoms with Crippen molar-refractivity contribution in [2.45, 2.75) is 6.54 Å². The van der Waals surface area contributed by atoms with Gasteiger partial charge in [-0.15, -0.1) is 0 Å². The van der Waals surface area contributed by atoms with Gasteiger partial charge in [-0.2, -0.15) is 5.10 Å². The summed E-state index contributed by atoms with van der Waals surface area (Å²) in [5, 5.41) is 4.02. The highest BCUT2D eigenvalue weighted by atomic mass is 16.5. The zero-order valence-electron chi connectivity index (χ0n) is 10.4. The predicted octanol–water partition coefficient (Wildman–Crippen LogP) is 1.34. The number of benzene rings is 1. The Balaban J connectivity index is 1.78. The van der Waals surface area contributed by atoms with Crippen molar-refractivity contribution >= 4 is 0 Å². The molecule has 0 saturated carbocycles. The molecule has 0 amide bonds. The van der Waals surface area contributed by atoms with Gasteiger partial charge in [-0.05, 0) is 6.07 Å². The first kappa shape index (κ1) is 12.4. The van der Waals surface area contributed by atoms with Crippen LogP contribution in [0.3, 0.4) is 0 Å². The van der Waals surface area contributed by atoms with E-state index in [0.29, 0.717) is 19.8 Å². The first-order chi connectivity index (χ1) is 8.79. The maximum Gasteiger partial charge on any atom is 0.157 e. The number of rotatable bonds is 6. The number of nitrogens with two attached hydrogens (primary N) is 1. The van der Waals surface area contributed by atoms with Crippen LogP contribution in [0, 0.1) is 0 Å². The average molecular weight is 247 g/mol. The van der Waals surface area contributed by atoms with Gasteiger partial charge in [-0.1, -0.05) is 18.2 Å². The van der Waals surface area contributed by atoms with E-state index in [1.165, 1.54) is 0 Å². The van der Waals surface area contributed by atoms with E-state index in [1.807, 2.05) is 37.5 Å². The van der Waals surface area contributed by atoms with Crippen molar-refractivity contribution in [2.75, 3.05) is 13.2 Å². The molecule has 0 aliphatic rings. The molecule has 2 N–H and O–H groups in total. The summed E-state index contributed by atoms with van der Waals surface area (Å²) >= 11 is 0. The fourth-order valence-corrected chi connectivity index (χ4v) is 1.60. The van der Waals surface area contributed by atoms with Gasteiger partial charge < -0.3 is 15.2 Å². The monoisotopic (exact) mass is 247 g/mol. The standard InChI is InChI=1S/C13H17N3O2/c1-16-10-12(9-15-16)17-6-7-18-13-5-3-2-4-11(13)8-14/h2-5,9-10H,6-8,14H2,1H3. The molecule has 0 bridgehead atoms. The second-order valence-corrected chi connectivity index (χ2v) is 3.86. The van der Waals surface area contributed by atoms with Crippen LogP contribution in [0.1, 0.15) is 5.56 Å². The summed E-state index contributed by atoms with van der Waals surface area (Å²) in [7, 11) is 1.85. The van der Waals surface area contributed by atoms with Gasteiger partial charge in [0.2, 0.25) is 0 Å². The van der Waals surface area contributed by atoms with Crippen LogP contribution in [-0.4, -0.2) is 23.0 Å². The summed E-state index contributed by atoms with van der Waals surface area (Å²) in [5.41, 5.74) is 6.63. The van der Waals surface area contributed by atoms with E-state index in [9.17, 15) is 0 Å². The zero-order valence-corrected chi connectivity index (χ0v) is 10.4. The Bertz CT molecular complexity index is 496. The zero-order chi connectivity index (χ0) is 12.8. The van der Waals surface area contributed by atoms with Crippen LogP contribution in [0.2, 0.25) is 0 Å². The highest BCUT2D eigenvalue weighted by Gasteiger charge is 2.01. The molecule has 1 heterocycles. The van der Waals surface area contributed by atoms with Crippen LogP contribution in [0.5, 0.6) is 11.5 Å². The SMILES string of the molecule is Cn1cc(OCCOc2ccccc2CN)cn1. The lowest BCUT2D eigenvalue weighted by atomic mass is 10.2. The van der Waals surface area contributed by atoms with E-state index < -0.39 is 0 Å². The van der Waals surface area contributed by atoms with Gasteiger partial charge in [0, 0.05) is 19.2 Å². The molecule has 1 aromatic carbocycles. The minimum absolute atomic E-state index is 0.472. The van der Waals surface area contributed by atoms with Gasteiger partial charge >= 0.3 is 0 Å². The molecule has 0 atom stereocenters. The van der Waals surface area contributed by atoms with E-state index in [2.05, 4.69) is 5.10 Å². The second kappa shape index (κ2) is 6.07. The van der Waals surface area contributed by atoms with Crippen LogP contribution in [-0.2, 0) is 13.6 Å². The summed E-state index contributed by atoms with van der Waals surface area (Å²) in [6.45, 7) is 1.43. The summed E-state index contributed by atoms with van der Waals surface area (Å²) in [6.07, 6.45) is 3.49. The Morgan fingerprint density at radius 3 is 2.72 bits per heavy atom. The quantitative estimate of drug-likeness (QED) is 0.782. The normalized spacial score (nSPS) is 10.3. The van der Waals surface area contributed by atoms with Crippen LogP contribution in [0.25, 0.3) is 0 Å². The third-order valence-electron chi connectivity index (χ3n) is 2.48. The number of hydrogen-bond donors (Lipinski definition) is 1. The molecule has 0 saturated heterocycles. The predicted molar refractivity (Wildman–Crippen MR) is 68.5 cm³/mol. The first-order valence-electron chi connectivity index (χ1n) is 5.82. The third-order valence-corrected chi connectivity index (χ3v) is 2.48. The molecule has 2 rings (SSSR count). The molecule has 5 nitrogen and oxygen atoms in total. The van der Waals surface area contributed by atoms with Crippen LogP contribution >= 0.6 is 0 Å². The van der Waals surface area contributed by atoms with Crippen molar-refractivity contribution in [3.63, 3.8) is 0 Å². The van der Waals surface area contributed by atoms with Crippen molar-refractivity contribution < 1.29 is 9.47 Å². The largest absolute Gasteiger partial charge is 0.490 e. The smallest absolute Gasteiger partial charge is 0.157 e. The number of para-hydroxylation sites is 1. The van der Waals surface area contributed by atoms with Gasteiger partial charge in [0.1, 0.15) is 19.0 Å². The summed E-state index contributed by atoms with van der Waals surface area (Å²) in [6, 6.07) is 7.74. The van der Waals surface area contributed by atoms with Crippen molar-refractivity contribution in [3.05, 3.63) is 42.2 Å². The fraction of sp³-hybridized carbons (Fsp3) is 0.308. The Morgan fingerprint density at radius 2 is 2.00 bits per heavy atom. The maximum absolute atomic E-state index is 5.63. The Morgan fingerprint density at radius 1 is 1.22 bits per heavy atom. The molecule has 96 valence electrons. The van der Waals surface area contributed by atoms with Gasteiger partial charge in [0.05, 0.1) is 12.4 Å². The van der Waals surface area contributed by atoms with E-state index in [4.69, 9.17) is 15.2 Å². The molecular formula is C13H17N3O2. The topological polar surface area (TPSA) is 62.3 Å². The molecular weight excluding hydrogens is 230 g/mol. The van der Waals surface area contributed by atoms with Crippen LogP contribution in [0.15, 0.2) is 36.7 Å². The molecule has 2 aromatic rings. The molecule has 5 heteroatoms. The minimum atomic E-state index is 0.472. The van der Waals surface area contributed by atoms with Gasteiger partial charge in [0.15, 0.2) is 5.75 Å². The second-order valence-electron chi connectivity index (χ2n) is 3.86. The number of aromatic nitrogens is 2. The third kappa shape index (κ3) is 3.24. The van der Waals surface area contributed by atoms with Crippen molar-refractivity contribution in [2.24, 2.45) is 12.8 Å². The van der Waals surface area contributed by atoms with Gasteiger partial charge in [-0.3, -0.25) is 4.68 Å². The lowest BCUT2D eigenvalue weighted by molar-refractivity contribution is 0.216. The van der Waals surface area contributed by atoms with E-state index >= 15 is 0 Å². The Hall–Kier alpha value is -2.01. The van der Waals surface area contributed by atoms with Crippen molar-refractivity contribution in [1.82, 2.24) is 9.78 Å². The molecule has 0 aliphatic heterocycles. The molecule has 0 fully saturated rings. The molecule has 18 heavy (non-hydrogen) atoms. The van der Waals surface area contributed by atoms with Crippen LogP contribution in [0.4, 0.5) is 0 Å². The van der Waals surface area contributed by atoms with Gasteiger partial charge in [-0.25, -0.2) is 0 Å². The number of nitrogens with zero attached hydrogens (tertiary/aromatic N) is 2. The van der Waals surface area contributed by atoms with E-state index in [0.717, 1.165) is 17.1 Å². The van der Waals surface area contributed by atoms with Crippen LogP contribution < -0.4 is 15.2 Å². The van der Waals surface area contributed by atoms with Gasteiger partial charge in [0.25, 0.3) is 0 Å². The highest BCUT2D eigenvalue weighted by molar-refractivity contribution is 5.32. The van der Waals surface area contributed by atoms with E-state index in [-0.39, 0.29) is 0 Å². The Labute approximate surface area is 106 Å². The molecule has 0 spiro atoms. The average Bonchev–Trinajstić information content (AvgIpc) is 2.81. The Kier molecular flexibility index (Phi) is 4.20. The molecule has 1 aromatic heterocycles. The highest BCUT2D eigenvalue weighted by Crippen LogP contribution is 2.16. The van der Waals surface area contributed by atoms with Crippen molar-refractivity contribution in [1.29, 1.82) is 0 Å². The lowest BCUT2D eigenvalue weighted by Gasteiger charge is -2.10. The first-order valence-corrected chi connectivity index (χ1v) is 5.82. The number of aryl methyl sites for hydroxylation is 1. The number of ether oxygens (including phenoxy) is 2. The summed E-state index contributed by atoms with van der Waals surface area (Å²) < 4.78 is 12.8. The maximum atomic E-state index is 5.63. The summed E-state index contributed by atoms with van der Waals surface area (Å²) in [4.78, 5) is 0. The van der Waals surface area contributed by atoms with Crippen molar-refractivity contribution in [3.8, 4) is 11.5 Å². The molecule has 0 aliphatic carbocycles. The molecule has 0 radical (unpaired) electrons. The summed E-state index contributed by atoms with van der Waals surface area (Å²) in [5.74, 6) is 1.56.